The fourth-order valence-electron chi connectivity index (χ4n) is 10.1. The summed E-state index contributed by atoms with van der Waals surface area (Å²) >= 11 is 0. The molecule has 0 saturated carbocycles. The number of aliphatic hydroxyl groups is 3. The van der Waals surface area contributed by atoms with Crippen molar-refractivity contribution in [3.8, 4) is 17.2 Å². The highest BCUT2D eigenvalue weighted by atomic mass is 31.2. The van der Waals surface area contributed by atoms with Gasteiger partial charge in [0.05, 0.1) is 67.5 Å². The maximum Gasteiger partial charge on any atom is 0.472 e. The van der Waals surface area contributed by atoms with Crippen molar-refractivity contribution in [2.45, 2.75) is 193 Å². The minimum Gasteiger partial charge on any atom is -0.507 e. The summed E-state index contributed by atoms with van der Waals surface area (Å²) in [4.78, 5) is 88.8. The largest absolute Gasteiger partial charge is 0.507 e. The van der Waals surface area contributed by atoms with Gasteiger partial charge in [0.15, 0.2) is 18.2 Å². The minimum atomic E-state index is -4.82. The van der Waals surface area contributed by atoms with E-state index in [9.17, 15) is 63.8 Å². The number of hydrogen-bond acceptors (Lipinski definition) is 19. The maximum absolute atomic E-state index is 14.1. The van der Waals surface area contributed by atoms with Crippen LogP contribution in [0.2, 0.25) is 0 Å². The van der Waals surface area contributed by atoms with Crippen LogP contribution >= 0.6 is 7.82 Å². The minimum absolute atomic E-state index is 0. The van der Waals surface area contributed by atoms with E-state index in [-0.39, 0.29) is 72.7 Å². The Morgan fingerprint density at radius 2 is 1.50 bits per heavy atom. The Balaban J connectivity index is 0.0000138. The first-order valence-corrected chi connectivity index (χ1v) is 29.1. The number of benzene rings is 2. The van der Waals surface area contributed by atoms with Crippen molar-refractivity contribution in [1.29, 1.82) is 0 Å². The van der Waals surface area contributed by atoms with E-state index in [4.69, 9.17) is 32.7 Å². The SMILES string of the molecule is C.CCCCCCCCCCCCCCCC(=O)OC(COC(=O)CC)COP(=O)(O)OCCNC(=O)CC(=O)N/C=C(/CO)C1(O)Cc2c(O)c3c(c(O)c2C(OC2CC(C)C(O)C(C)O2)C1)C(=O)c1c(OC)cccc1C3=O. The van der Waals surface area contributed by atoms with E-state index >= 15 is 0 Å². The number of aliphatic hydroxyl groups excluding tert-OH is 2. The number of amides is 2. The molecule has 1 aliphatic heterocycles. The lowest BCUT2D eigenvalue weighted by Gasteiger charge is -2.43. The predicted molar refractivity (Wildman–Crippen MR) is 292 cm³/mol. The number of carbonyl (C=O) groups excluding carboxylic acids is 6. The van der Waals surface area contributed by atoms with Crippen molar-refractivity contribution >= 4 is 43.1 Å². The zero-order chi connectivity index (χ0) is 57.9. The quantitative estimate of drug-likeness (QED) is 0.00970. The van der Waals surface area contributed by atoms with Crippen molar-refractivity contribution < 1.29 is 96.5 Å². The van der Waals surface area contributed by atoms with Crippen LogP contribution in [0.5, 0.6) is 17.2 Å². The number of rotatable bonds is 33. The van der Waals surface area contributed by atoms with Gasteiger partial charge in [-0.05, 0) is 25.3 Å². The molecular weight excluding hydrogens is 1060 g/mol. The summed E-state index contributed by atoms with van der Waals surface area (Å²) < 4.78 is 50.9. The van der Waals surface area contributed by atoms with E-state index in [2.05, 4.69) is 17.6 Å². The Morgan fingerprint density at radius 3 is 2.11 bits per heavy atom. The van der Waals surface area contributed by atoms with Gasteiger partial charge in [-0.25, -0.2) is 4.57 Å². The molecule has 1 heterocycles. The Morgan fingerprint density at radius 1 is 0.863 bits per heavy atom. The number of hydrogen-bond donors (Lipinski definition) is 8. The normalized spacial score (nSPS) is 21.7. The van der Waals surface area contributed by atoms with Crippen LogP contribution in [0.25, 0.3) is 0 Å². The number of methoxy groups -OCH3 is 1. The van der Waals surface area contributed by atoms with E-state index in [0.717, 1.165) is 31.9 Å². The van der Waals surface area contributed by atoms with Gasteiger partial charge in [0, 0.05) is 67.1 Å². The smallest absolute Gasteiger partial charge is 0.472 e. The number of phosphoric acid groups is 1. The molecule has 23 heteroatoms. The average Bonchev–Trinajstić information content (AvgIpc) is 3.61. The number of ether oxygens (including phenoxy) is 5. The summed E-state index contributed by atoms with van der Waals surface area (Å²) in [5.74, 6) is -6.36. The summed E-state index contributed by atoms with van der Waals surface area (Å²) in [6.07, 6.45) is 8.86. The van der Waals surface area contributed by atoms with Crippen LogP contribution < -0.4 is 15.4 Å². The third kappa shape index (κ3) is 18.6. The molecule has 2 aliphatic carbocycles. The number of nitrogens with one attached hydrogen (secondary N) is 2. The first-order valence-electron chi connectivity index (χ1n) is 27.6. The number of aromatic hydroxyl groups is 2. The Bertz CT molecular complexity index is 2510. The topological polar surface area (TPSA) is 330 Å². The fraction of sp³-hybridized carbons (Fsp3) is 0.649. The van der Waals surface area contributed by atoms with Crippen LogP contribution in [-0.4, -0.2) is 136 Å². The number of carbonyl (C=O) groups is 6. The lowest BCUT2D eigenvalue weighted by Crippen LogP contribution is -2.46. The molecule has 2 aromatic carbocycles. The zero-order valence-corrected chi connectivity index (χ0v) is 47.0. The highest BCUT2D eigenvalue weighted by molar-refractivity contribution is 7.47. The van der Waals surface area contributed by atoms with Gasteiger partial charge in [-0.15, -0.1) is 0 Å². The molecule has 0 spiro atoms. The second-order valence-corrected chi connectivity index (χ2v) is 22.0. The number of fused-ring (bicyclic) bond motifs is 3. The summed E-state index contributed by atoms with van der Waals surface area (Å²) in [6, 6.07) is 4.30. The van der Waals surface area contributed by atoms with Crippen LogP contribution in [0.3, 0.4) is 0 Å². The third-order valence-electron chi connectivity index (χ3n) is 14.5. The summed E-state index contributed by atoms with van der Waals surface area (Å²) in [5.41, 5.74) is -4.09. The lowest BCUT2D eigenvalue weighted by atomic mass is 9.71. The van der Waals surface area contributed by atoms with Crippen molar-refractivity contribution in [1.82, 2.24) is 10.6 Å². The van der Waals surface area contributed by atoms with E-state index in [1.807, 2.05) is 0 Å². The van der Waals surface area contributed by atoms with Gasteiger partial charge >= 0.3 is 19.8 Å². The molecule has 0 bridgehead atoms. The van der Waals surface area contributed by atoms with Gasteiger partial charge < -0.3 is 64.7 Å². The van der Waals surface area contributed by atoms with E-state index in [1.54, 1.807) is 20.8 Å². The Kier molecular flexibility index (Phi) is 27.2. The van der Waals surface area contributed by atoms with Crippen LogP contribution in [-0.2, 0) is 58.2 Å². The number of phenolic OH excluding ortho intramolecular Hbond substituents is 2. The van der Waals surface area contributed by atoms with Crippen molar-refractivity contribution in [2.24, 2.45) is 5.92 Å². The average molecular weight is 1150 g/mol. The summed E-state index contributed by atoms with van der Waals surface area (Å²) in [5, 5.41) is 62.1. The summed E-state index contributed by atoms with van der Waals surface area (Å²) in [7, 11) is -3.51. The number of esters is 2. The van der Waals surface area contributed by atoms with Gasteiger partial charge in [-0.3, -0.25) is 37.8 Å². The summed E-state index contributed by atoms with van der Waals surface area (Å²) in [6.45, 7) is 4.24. The van der Waals surface area contributed by atoms with E-state index in [1.165, 1.54) is 76.7 Å². The highest BCUT2D eigenvalue weighted by Gasteiger charge is 2.49. The second-order valence-electron chi connectivity index (χ2n) is 20.6. The number of phosphoric ester groups is 1. The lowest BCUT2D eigenvalue weighted by molar-refractivity contribution is -0.254. The van der Waals surface area contributed by atoms with Gasteiger partial charge in [-0.1, -0.05) is 117 Å². The van der Waals surface area contributed by atoms with Gasteiger partial charge in [0.25, 0.3) is 0 Å². The molecule has 0 radical (unpaired) electrons. The molecule has 8 atom stereocenters. The Hall–Kier alpha value is -5.29. The Labute approximate surface area is 468 Å². The molecule has 8 N–H and O–H groups in total. The van der Waals surface area contributed by atoms with E-state index < -0.39 is 148 Å². The predicted octanol–water partition coefficient (Wildman–Crippen LogP) is 7.36. The molecule has 2 amide bonds. The van der Waals surface area contributed by atoms with E-state index in [0.29, 0.717) is 6.42 Å². The fourth-order valence-corrected chi connectivity index (χ4v) is 10.8. The molecular formula is C57H85N2O20P. The standard InChI is InChI=1S/C56H81N2O20P.CH4/c1-6-8-9-10-11-12-13-14-15-16-17-18-19-23-45(63)77-37(32-73-44(62)7-2)33-75-79(70,71)74-25-24-57-42(60)27-43(61)58-30-36(31-59)56(69)28-39-48(41(29-56)78-46-26-34(3)51(64)35(4)76-46)55(68)50-49(53(39)66)52(65)38-21-20-22-40(72-5)47(38)54(50)67;/h20-22,30,34-35,37,41,46,51,59,64,66,68-69H,6-19,23-29,31-33H2,1-5H3,(H,57,60)(H,58,61)(H,70,71);1H4/b36-30-;. The maximum atomic E-state index is 14.1. The van der Waals surface area contributed by atoms with Crippen molar-refractivity contribution in [2.75, 3.05) is 40.1 Å². The molecule has 1 fully saturated rings. The molecule has 8 unspecified atom stereocenters. The molecule has 80 heavy (non-hydrogen) atoms. The molecule has 5 rings (SSSR count). The van der Waals surface area contributed by atoms with Gasteiger partial charge in [0.1, 0.15) is 30.3 Å². The molecule has 448 valence electrons. The highest BCUT2D eigenvalue weighted by Crippen LogP contribution is 2.54. The van der Waals surface area contributed by atoms with Gasteiger partial charge in [0.2, 0.25) is 17.6 Å². The molecule has 3 aliphatic rings. The monoisotopic (exact) mass is 1150 g/mol. The molecule has 22 nitrogen and oxygen atoms in total. The zero-order valence-electron chi connectivity index (χ0n) is 46.1. The van der Waals surface area contributed by atoms with Crippen LogP contribution in [0.15, 0.2) is 30.0 Å². The number of phenols is 2. The number of unbranched alkanes of at least 4 members (excludes halogenated alkanes) is 12. The van der Waals surface area contributed by atoms with Crippen LogP contribution in [0.4, 0.5) is 0 Å². The van der Waals surface area contributed by atoms with Crippen molar-refractivity contribution in [3.63, 3.8) is 0 Å². The number of ketones is 2. The second kappa shape index (κ2) is 32.4. The van der Waals surface area contributed by atoms with Gasteiger partial charge in [-0.2, -0.15) is 0 Å². The van der Waals surface area contributed by atoms with Crippen molar-refractivity contribution in [3.05, 3.63) is 63.4 Å². The first kappa shape index (κ1) is 67.2. The molecule has 1 saturated heterocycles. The molecule has 2 aromatic rings. The van der Waals surface area contributed by atoms with Crippen LogP contribution in [0.1, 0.15) is 200 Å². The first-order chi connectivity index (χ1) is 37.7. The molecule has 0 aromatic heterocycles. The third-order valence-corrected chi connectivity index (χ3v) is 15.5. The van der Waals surface area contributed by atoms with Crippen LogP contribution in [0, 0.1) is 5.92 Å².